The first-order valence-corrected chi connectivity index (χ1v) is 8.41. The molecule has 0 unspecified atom stereocenters. The van der Waals surface area contributed by atoms with Crippen molar-refractivity contribution >= 4 is 26.7 Å². The molecule has 1 aliphatic heterocycles. The third-order valence-corrected chi connectivity index (χ3v) is 4.75. The Morgan fingerprint density at radius 2 is 2.00 bits per heavy atom. The van der Waals surface area contributed by atoms with Gasteiger partial charge in [0.05, 0.1) is 18.5 Å². The van der Waals surface area contributed by atoms with E-state index in [1.54, 1.807) is 0 Å². The van der Waals surface area contributed by atoms with Crippen molar-refractivity contribution in [2.24, 2.45) is 0 Å². The quantitative estimate of drug-likeness (QED) is 0.709. The van der Waals surface area contributed by atoms with Crippen LogP contribution in [0.2, 0.25) is 0 Å². The highest BCUT2D eigenvalue weighted by Crippen LogP contribution is 2.28. The Bertz CT molecular complexity index is 806. The summed E-state index contributed by atoms with van der Waals surface area (Å²) in [7, 11) is 0. The molecule has 2 heterocycles. The molecule has 0 amide bonds. The number of hydrogen-bond donors (Lipinski definition) is 1. The largest absolute Gasteiger partial charge is 0.381 e. The second-order valence-electron chi connectivity index (χ2n) is 5.80. The van der Waals surface area contributed by atoms with Crippen LogP contribution in [0.5, 0.6) is 0 Å². The minimum Gasteiger partial charge on any atom is -0.381 e. The number of hydrogen-bond acceptors (Lipinski definition) is 2. The van der Waals surface area contributed by atoms with E-state index in [9.17, 15) is 0 Å². The number of ether oxygens (including phenoxy) is 1. The number of halogens is 1. The van der Waals surface area contributed by atoms with Crippen LogP contribution in [0.1, 0.15) is 24.6 Å². The van der Waals surface area contributed by atoms with Crippen molar-refractivity contribution in [3.05, 3.63) is 52.9 Å². The molecule has 0 radical (unpaired) electrons. The van der Waals surface area contributed by atoms with Crippen molar-refractivity contribution in [3.63, 3.8) is 0 Å². The Labute approximate surface area is 137 Å². The van der Waals surface area contributed by atoms with E-state index in [0.29, 0.717) is 5.92 Å². The van der Waals surface area contributed by atoms with Crippen LogP contribution in [0.4, 0.5) is 0 Å². The number of imidazole rings is 1. The lowest BCUT2D eigenvalue weighted by molar-refractivity contribution is 0.0783. The van der Waals surface area contributed by atoms with Gasteiger partial charge in [0.2, 0.25) is 0 Å². The van der Waals surface area contributed by atoms with Gasteiger partial charge in [-0.3, -0.25) is 0 Å². The molecule has 1 aliphatic rings. The highest BCUT2D eigenvalue weighted by atomic mass is 79.9. The van der Waals surface area contributed by atoms with Crippen LogP contribution in [-0.4, -0.2) is 23.2 Å². The first kappa shape index (κ1) is 14.0. The number of rotatable bonds is 2. The van der Waals surface area contributed by atoms with E-state index in [1.165, 1.54) is 16.3 Å². The number of aromatic amines is 1. The number of benzene rings is 2. The minimum absolute atomic E-state index is 0.402. The molecule has 0 saturated carbocycles. The van der Waals surface area contributed by atoms with Gasteiger partial charge in [-0.25, -0.2) is 4.98 Å². The normalized spacial score (nSPS) is 18.7. The standard InChI is InChI=1S/C18H17BrN2O/c19-16-6-5-12-8-14(4-3-13(12)9-16)17-10-20-18(21-17)15-2-1-7-22-11-15/h3-6,8-10,15H,1-2,7,11H2,(H,20,21)/t15-/m0/s1. The Morgan fingerprint density at radius 1 is 1.14 bits per heavy atom. The highest BCUT2D eigenvalue weighted by molar-refractivity contribution is 9.10. The summed E-state index contributed by atoms with van der Waals surface area (Å²) in [5, 5.41) is 2.47. The predicted molar refractivity (Wildman–Crippen MR) is 92.0 cm³/mol. The van der Waals surface area contributed by atoms with E-state index >= 15 is 0 Å². The molecule has 112 valence electrons. The van der Waals surface area contributed by atoms with Gasteiger partial charge in [0, 0.05) is 22.6 Å². The van der Waals surface area contributed by atoms with Gasteiger partial charge in [0.15, 0.2) is 0 Å². The fraction of sp³-hybridized carbons (Fsp3) is 0.278. The third kappa shape index (κ3) is 2.69. The minimum atomic E-state index is 0.402. The van der Waals surface area contributed by atoms with Crippen molar-refractivity contribution in [3.8, 4) is 11.3 Å². The molecule has 3 aromatic rings. The summed E-state index contributed by atoms with van der Waals surface area (Å²) >= 11 is 3.52. The van der Waals surface area contributed by atoms with Crippen LogP contribution in [0.15, 0.2) is 47.1 Å². The van der Waals surface area contributed by atoms with Gasteiger partial charge in [-0.2, -0.15) is 0 Å². The Morgan fingerprint density at radius 3 is 2.86 bits per heavy atom. The summed E-state index contributed by atoms with van der Waals surface area (Å²) in [5.74, 6) is 1.45. The fourth-order valence-corrected chi connectivity index (χ4v) is 3.41. The van der Waals surface area contributed by atoms with Gasteiger partial charge in [-0.05, 0) is 41.8 Å². The van der Waals surface area contributed by atoms with Crippen LogP contribution in [0.25, 0.3) is 22.0 Å². The van der Waals surface area contributed by atoms with Gasteiger partial charge in [0.25, 0.3) is 0 Å². The van der Waals surface area contributed by atoms with E-state index in [-0.39, 0.29) is 0 Å². The fourth-order valence-electron chi connectivity index (χ4n) is 3.03. The van der Waals surface area contributed by atoms with Gasteiger partial charge in [-0.15, -0.1) is 0 Å². The maximum absolute atomic E-state index is 5.56. The summed E-state index contributed by atoms with van der Waals surface area (Å²) < 4.78 is 6.66. The van der Waals surface area contributed by atoms with E-state index in [2.05, 4.69) is 62.3 Å². The monoisotopic (exact) mass is 356 g/mol. The molecule has 1 N–H and O–H groups in total. The van der Waals surface area contributed by atoms with Crippen LogP contribution in [-0.2, 0) is 4.74 Å². The molecule has 0 aliphatic carbocycles. The van der Waals surface area contributed by atoms with E-state index in [0.717, 1.165) is 42.0 Å². The molecule has 22 heavy (non-hydrogen) atoms. The molecule has 1 atom stereocenters. The smallest absolute Gasteiger partial charge is 0.111 e. The van der Waals surface area contributed by atoms with Crippen LogP contribution < -0.4 is 0 Å². The zero-order valence-electron chi connectivity index (χ0n) is 12.2. The molecule has 1 saturated heterocycles. The van der Waals surface area contributed by atoms with Gasteiger partial charge in [-0.1, -0.05) is 34.1 Å². The second-order valence-corrected chi connectivity index (χ2v) is 6.72. The van der Waals surface area contributed by atoms with Crippen molar-refractivity contribution in [2.75, 3.05) is 13.2 Å². The molecule has 4 rings (SSSR count). The zero-order chi connectivity index (χ0) is 14.9. The Balaban J connectivity index is 1.66. The lowest BCUT2D eigenvalue weighted by Gasteiger charge is -2.19. The van der Waals surface area contributed by atoms with Crippen LogP contribution in [0, 0.1) is 0 Å². The van der Waals surface area contributed by atoms with Gasteiger partial charge in [0.1, 0.15) is 5.82 Å². The van der Waals surface area contributed by atoms with Crippen molar-refractivity contribution in [1.82, 2.24) is 9.97 Å². The highest BCUT2D eigenvalue weighted by Gasteiger charge is 2.19. The van der Waals surface area contributed by atoms with E-state index in [1.807, 2.05) is 6.20 Å². The van der Waals surface area contributed by atoms with Crippen molar-refractivity contribution < 1.29 is 4.74 Å². The molecular formula is C18H17BrN2O. The molecule has 0 bridgehead atoms. The summed E-state index contributed by atoms with van der Waals surface area (Å²) in [6.07, 6.45) is 4.20. The van der Waals surface area contributed by atoms with Gasteiger partial charge < -0.3 is 9.72 Å². The summed E-state index contributed by atoms with van der Waals surface area (Å²) in [4.78, 5) is 8.04. The number of nitrogens with one attached hydrogen (secondary N) is 1. The summed E-state index contributed by atoms with van der Waals surface area (Å²) in [5.41, 5.74) is 2.25. The SMILES string of the molecule is Brc1ccc2cc(-c3cnc([C@H]4CCCOC4)[nH]3)ccc2c1. The van der Waals surface area contributed by atoms with Crippen LogP contribution in [0.3, 0.4) is 0 Å². The Kier molecular flexibility index (Phi) is 3.72. The van der Waals surface area contributed by atoms with Crippen molar-refractivity contribution in [1.29, 1.82) is 0 Å². The first-order chi connectivity index (χ1) is 10.8. The average molecular weight is 357 g/mol. The predicted octanol–water partition coefficient (Wildman–Crippen LogP) is 4.89. The van der Waals surface area contributed by atoms with Gasteiger partial charge >= 0.3 is 0 Å². The first-order valence-electron chi connectivity index (χ1n) is 7.62. The summed E-state index contributed by atoms with van der Waals surface area (Å²) in [6, 6.07) is 12.8. The van der Waals surface area contributed by atoms with E-state index in [4.69, 9.17) is 4.74 Å². The molecule has 2 aromatic carbocycles. The molecule has 3 nitrogen and oxygen atoms in total. The third-order valence-electron chi connectivity index (χ3n) is 4.26. The zero-order valence-corrected chi connectivity index (χ0v) is 13.8. The molecule has 1 fully saturated rings. The maximum atomic E-state index is 5.56. The topological polar surface area (TPSA) is 37.9 Å². The average Bonchev–Trinajstić information content (AvgIpc) is 3.05. The number of fused-ring (bicyclic) bond motifs is 1. The van der Waals surface area contributed by atoms with E-state index < -0.39 is 0 Å². The van der Waals surface area contributed by atoms with Crippen molar-refractivity contribution in [2.45, 2.75) is 18.8 Å². The number of nitrogens with zero attached hydrogens (tertiary/aromatic N) is 1. The van der Waals surface area contributed by atoms with Crippen LogP contribution >= 0.6 is 15.9 Å². The Hall–Kier alpha value is -1.65. The second kappa shape index (κ2) is 5.86. The maximum Gasteiger partial charge on any atom is 0.111 e. The number of aromatic nitrogens is 2. The molecule has 1 aromatic heterocycles. The summed E-state index contributed by atoms with van der Waals surface area (Å²) in [6.45, 7) is 1.66. The number of H-pyrrole nitrogens is 1. The lowest BCUT2D eigenvalue weighted by atomic mass is 10.0. The lowest BCUT2D eigenvalue weighted by Crippen LogP contribution is -2.16. The molecule has 0 spiro atoms. The molecular weight excluding hydrogens is 340 g/mol. The molecule has 4 heteroatoms.